The van der Waals surface area contributed by atoms with Crippen molar-refractivity contribution in [2.24, 2.45) is 5.92 Å². The molecule has 142 valence electrons. The van der Waals surface area contributed by atoms with Gasteiger partial charge in [-0.3, -0.25) is 4.79 Å². The first-order chi connectivity index (χ1) is 13.0. The average molecular weight is 401 g/mol. The van der Waals surface area contributed by atoms with Crippen LogP contribution in [0, 0.1) is 12.8 Å². The molecule has 27 heavy (non-hydrogen) atoms. The van der Waals surface area contributed by atoms with Crippen molar-refractivity contribution in [3.63, 3.8) is 0 Å². The first kappa shape index (κ1) is 19.7. The van der Waals surface area contributed by atoms with Gasteiger partial charge in [-0.05, 0) is 42.7 Å². The van der Waals surface area contributed by atoms with E-state index in [4.69, 9.17) is 4.74 Å². The number of carbonyl (C=O) groups is 1. The molecule has 0 saturated heterocycles. The zero-order chi connectivity index (χ0) is 19.2. The number of benzene rings is 2. The molecule has 0 aliphatic heterocycles. The van der Waals surface area contributed by atoms with Crippen LogP contribution in [-0.4, -0.2) is 23.3 Å². The standard InChI is InChI=1S/C21H24N2O2S2/c1-14(2)12-20(24)22-16-8-9-17-19(13-16)27-21(23-17)26-11-10-25-18-7-5-4-6-15(18)3/h4-9,13-14H,10-12H2,1-3H3,(H,22,24). The number of rotatable bonds is 8. The van der Waals surface area contributed by atoms with Gasteiger partial charge in [-0.25, -0.2) is 4.98 Å². The number of aromatic nitrogens is 1. The van der Waals surface area contributed by atoms with Crippen molar-refractivity contribution in [1.29, 1.82) is 0 Å². The highest BCUT2D eigenvalue weighted by atomic mass is 32.2. The highest BCUT2D eigenvalue weighted by Gasteiger charge is 2.09. The Hall–Kier alpha value is -2.05. The van der Waals surface area contributed by atoms with E-state index >= 15 is 0 Å². The Morgan fingerprint density at radius 3 is 2.85 bits per heavy atom. The monoisotopic (exact) mass is 400 g/mol. The number of thioether (sulfide) groups is 1. The van der Waals surface area contributed by atoms with Crippen molar-refractivity contribution in [3.8, 4) is 5.75 Å². The minimum Gasteiger partial charge on any atom is -0.492 e. The molecule has 4 nitrogen and oxygen atoms in total. The summed E-state index contributed by atoms with van der Waals surface area (Å²) in [4.78, 5) is 16.6. The second kappa shape index (κ2) is 9.24. The van der Waals surface area contributed by atoms with Gasteiger partial charge in [-0.15, -0.1) is 11.3 Å². The third kappa shape index (κ3) is 5.71. The summed E-state index contributed by atoms with van der Waals surface area (Å²) < 4.78 is 7.94. The Morgan fingerprint density at radius 1 is 1.26 bits per heavy atom. The number of amides is 1. The summed E-state index contributed by atoms with van der Waals surface area (Å²) >= 11 is 3.34. The van der Waals surface area contributed by atoms with Gasteiger partial charge >= 0.3 is 0 Å². The summed E-state index contributed by atoms with van der Waals surface area (Å²) in [5, 5.41) is 2.96. The number of thiazole rings is 1. The first-order valence-corrected chi connectivity index (χ1v) is 10.8. The minimum absolute atomic E-state index is 0.0526. The Kier molecular flexibility index (Phi) is 6.74. The second-order valence-corrected chi connectivity index (χ2v) is 9.14. The lowest BCUT2D eigenvalue weighted by atomic mass is 10.1. The summed E-state index contributed by atoms with van der Waals surface area (Å²) in [7, 11) is 0. The maximum absolute atomic E-state index is 11.9. The highest BCUT2D eigenvalue weighted by molar-refractivity contribution is 8.01. The predicted molar refractivity (Wildman–Crippen MR) is 115 cm³/mol. The maximum Gasteiger partial charge on any atom is 0.224 e. The van der Waals surface area contributed by atoms with E-state index in [9.17, 15) is 4.79 Å². The van der Waals surface area contributed by atoms with E-state index in [1.165, 1.54) is 0 Å². The molecular weight excluding hydrogens is 376 g/mol. The van der Waals surface area contributed by atoms with E-state index in [0.717, 1.165) is 37.3 Å². The van der Waals surface area contributed by atoms with Crippen LogP contribution < -0.4 is 10.1 Å². The van der Waals surface area contributed by atoms with Crippen molar-refractivity contribution in [1.82, 2.24) is 4.98 Å². The van der Waals surface area contributed by atoms with Crippen LogP contribution in [0.3, 0.4) is 0 Å². The fraction of sp³-hybridized carbons (Fsp3) is 0.333. The number of ether oxygens (including phenoxy) is 1. The van der Waals surface area contributed by atoms with Crippen molar-refractivity contribution in [3.05, 3.63) is 48.0 Å². The third-order valence-corrected chi connectivity index (χ3v) is 6.03. The van der Waals surface area contributed by atoms with Gasteiger partial charge in [-0.1, -0.05) is 43.8 Å². The van der Waals surface area contributed by atoms with Gasteiger partial charge in [0.2, 0.25) is 5.91 Å². The number of anilines is 1. The second-order valence-electron chi connectivity index (χ2n) is 6.77. The predicted octanol–water partition coefficient (Wildman–Crippen LogP) is 5.76. The number of nitrogens with one attached hydrogen (secondary N) is 1. The van der Waals surface area contributed by atoms with E-state index < -0.39 is 0 Å². The summed E-state index contributed by atoms with van der Waals surface area (Å²) in [6.07, 6.45) is 0.530. The minimum atomic E-state index is 0.0526. The molecule has 3 rings (SSSR count). The van der Waals surface area contributed by atoms with Gasteiger partial charge in [0, 0.05) is 17.9 Å². The fourth-order valence-corrected chi connectivity index (χ4v) is 4.62. The molecule has 0 aliphatic rings. The van der Waals surface area contributed by atoms with Gasteiger partial charge in [0.05, 0.1) is 16.8 Å². The van der Waals surface area contributed by atoms with E-state index in [1.54, 1.807) is 23.1 Å². The summed E-state index contributed by atoms with van der Waals surface area (Å²) in [6, 6.07) is 13.9. The molecule has 1 heterocycles. The normalized spacial score (nSPS) is 11.1. The quantitative estimate of drug-likeness (QED) is 0.386. The van der Waals surface area contributed by atoms with E-state index in [0.29, 0.717) is 18.9 Å². The largest absolute Gasteiger partial charge is 0.492 e. The highest BCUT2D eigenvalue weighted by Crippen LogP contribution is 2.31. The lowest BCUT2D eigenvalue weighted by Crippen LogP contribution is -2.13. The zero-order valence-corrected chi connectivity index (χ0v) is 17.5. The molecule has 1 aromatic heterocycles. The van der Waals surface area contributed by atoms with Crippen LogP contribution in [0.5, 0.6) is 5.75 Å². The third-order valence-electron chi connectivity index (χ3n) is 3.91. The number of nitrogens with zero attached hydrogens (tertiary/aromatic N) is 1. The molecule has 1 amide bonds. The Morgan fingerprint density at radius 2 is 2.07 bits per heavy atom. The zero-order valence-electron chi connectivity index (χ0n) is 15.8. The molecule has 0 saturated carbocycles. The molecule has 6 heteroatoms. The van der Waals surface area contributed by atoms with Crippen LogP contribution in [0.15, 0.2) is 46.8 Å². The fourth-order valence-electron chi connectivity index (χ4n) is 2.62. The van der Waals surface area contributed by atoms with Gasteiger partial charge in [-0.2, -0.15) is 0 Å². The molecule has 2 aromatic carbocycles. The van der Waals surface area contributed by atoms with Gasteiger partial charge < -0.3 is 10.1 Å². The van der Waals surface area contributed by atoms with Crippen molar-refractivity contribution >= 4 is 44.9 Å². The SMILES string of the molecule is Cc1ccccc1OCCSc1nc2ccc(NC(=O)CC(C)C)cc2s1. The molecule has 0 atom stereocenters. The van der Waals surface area contributed by atoms with Crippen LogP contribution in [0.1, 0.15) is 25.8 Å². The molecule has 0 fully saturated rings. The molecule has 0 aliphatic carbocycles. The number of para-hydroxylation sites is 1. The smallest absolute Gasteiger partial charge is 0.224 e. The molecule has 1 N–H and O–H groups in total. The summed E-state index contributed by atoms with van der Waals surface area (Å²) in [5.74, 6) is 2.18. The molecule has 0 spiro atoms. The van der Waals surface area contributed by atoms with Gasteiger partial charge in [0.1, 0.15) is 5.75 Å². The van der Waals surface area contributed by atoms with Crippen LogP contribution >= 0.6 is 23.1 Å². The average Bonchev–Trinajstić information content (AvgIpc) is 3.01. The number of carbonyl (C=O) groups excluding carboxylic acids is 1. The van der Waals surface area contributed by atoms with Crippen molar-refractivity contribution in [2.45, 2.75) is 31.5 Å². The molecular formula is C21H24N2O2S2. The van der Waals surface area contributed by atoms with Gasteiger partial charge in [0.15, 0.2) is 4.34 Å². The molecule has 3 aromatic rings. The molecule has 0 radical (unpaired) electrons. The van der Waals surface area contributed by atoms with E-state index in [-0.39, 0.29) is 5.91 Å². The van der Waals surface area contributed by atoms with Crippen LogP contribution in [0.25, 0.3) is 10.2 Å². The first-order valence-electron chi connectivity index (χ1n) is 9.03. The van der Waals surface area contributed by atoms with Crippen molar-refractivity contribution < 1.29 is 9.53 Å². The Balaban J connectivity index is 1.55. The summed E-state index contributed by atoms with van der Waals surface area (Å²) in [5.41, 5.74) is 2.94. The van der Waals surface area contributed by atoms with E-state index in [1.807, 2.05) is 63.2 Å². The lowest BCUT2D eigenvalue weighted by Gasteiger charge is -2.07. The Labute approximate surface area is 168 Å². The van der Waals surface area contributed by atoms with Gasteiger partial charge in [0.25, 0.3) is 0 Å². The lowest BCUT2D eigenvalue weighted by molar-refractivity contribution is -0.116. The Bertz CT molecular complexity index is 921. The number of hydrogen-bond donors (Lipinski definition) is 1. The maximum atomic E-state index is 11.9. The molecule has 0 unspecified atom stereocenters. The summed E-state index contributed by atoms with van der Waals surface area (Å²) in [6.45, 7) is 6.77. The van der Waals surface area contributed by atoms with Crippen molar-refractivity contribution in [2.75, 3.05) is 17.7 Å². The number of aryl methyl sites for hydroxylation is 1. The number of fused-ring (bicyclic) bond motifs is 1. The topological polar surface area (TPSA) is 51.2 Å². The number of hydrogen-bond acceptors (Lipinski definition) is 5. The van der Waals surface area contributed by atoms with Crippen LogP contribution in [-0.2, 0) is 4.79 Å². The van der Waals surface area contributed by atoms with Crippen LogP contribution in [0.4, 0.5) is 5.69 Å². The molecule has 0 bridgehead atoms. The van der Waals surface area contributed by atoms with Crippen LogP contribution in [0.2, 0.25) is 0 Å². The van der Waals surface area contributed by atoms with E-state index in [2.05, 4.69) is 10.3 Å².